The van der Waals surface area contributed by atoms with Crippen molar-refractivity contribution in [3.05, 3.63) is 89.5 Å². The van der Waals surface area contributed by atoms with Crippen molar-refractivity contribution in [1.29, 1.82) is 0 Å². The molecule has 4 heteroatoms. The van der Waals surface area contributed by atoms with Crippen LogP contribution in [0.1, 0.15) is 55.7 Å². The first-order chi connectivity index (χ1) is 16.3. The zero-order valence-electron chi connectivity index (χ0n) is 21.2. The average Bonchev–Trinajstić information content (AvgIpc) is 2.83. The van der Waals surface area contributed by atoms with Gasteiger partial charge in [-0.15, -0.1) is 0 Å². The number of benzene rings is 3. The zero-order valence-corrected chi connectivity index (χ0v) is 21.2. The third-order valence-electron chi connectivity index (χ3n) is 6.89. The molecule has 0 amide bonds. The van der Waals surface area contributed by atoms with E-state index in [-0.39, 0.29) is 17.4 Å². The van der Waals surface area contributed by atoms with Gasteiger partial charge in [-0.05, 0) is 76.2 Å². The Morgan fingerprint density at radius 3 is 2.24 bits per heavy atom. The SMILES string of the molecule is COc1ccc2c(c1)OC(C)(C)CC2C(c1ccccc1)c1ccc(OCC(C)N(C)C)cc1. The van der Waals surface area contributed by atoms with Gasteiger partial charge in [0.1, 0.15) is 29.5 Å². The second-order valence-electron chi connectivity index (χ2n) is 10.2. The van der Waals surface area contributed by atoms with Crippen molar-refractivity contribution in [3.63, 3.8) is 0 Å². The molecule has 0 saturated heterocycles. The molecule has 1 aliphatic rings. The summed E-state index contributed by atoms with van der Waals surface area (Å²) < 4.78 is 17.9. The Hall–Kier alpha value is -2.98. The third-order valence-corrected chi connectivity index (χ3v) is 6.89. The molecule has 4 rings (SSSR count). The molecule has 1 aliphatic heterocycles. The van der Waals surface area contributed by atoms with E-state index in [0.29, 0.717) is 12.6 Å². The van der Waals surface area contributed by atoms with E-state index >= 15 is 0 Å². The fraction of sp³-hybridized carbons (Fsp3) is 0.400. The van der Waals surface area contributed by atoms with E-state index < -0.39 is 0 Å². The number of rotatable bonds is 8. The van der Waals surface area contributed by atoms with Gasteiger partial charge < -0.3 is 19.1 Å². The maximum atomic E-state index is 6.40. The van der Waals surface area contributed by atoms with Gasteiger partial charge in [-0.25, -0.2) is 0 Å². The van der Waals surface area contributed by atoms with Crippen LogP contribution in [0.5, 0.6) is 17.2 Å². The molecular weight excluding hydrogens is 422 g/mol. The molecule has 0 saturated carbocycles. The normalized spacial score (nSPS) is 18.5. The van der Waals surface area contributed by atoms with Crippen LogP contribution in [0.4, 0.5) is 0 Å². The minimum Gasteiger partial charge on any atom is -0.497 e. The molecule has 0 radical (unpaired) electrons. The first-order valence-corrected chi connectivity index (χ1v) is 12.1. The van der Waals surface area contributed by atoms with Crippen molar-refractivity contribution in [2.75, 3.05) is 27.8 Å². The minimum absolute atomic E-state index is 0.200. The predicted octanol–water partition coefficient (Wildman–Crippen LogP) is 6.50. The molecule has 0 aliphatic carbocycles. The van der Waals surface area contributed by atoms with Gasteiger partial charge >= 0.3 is 0 Å². The van der Waals surface area contributed by atoms with Gasteiger partial charge in [-0.1, -0.05) is 48.5 Å². The van der Waals surface area contributed by atoms with Crippen LogP contribution in [0.2, 0.25) is 0 Å². The fourth-order valence-electron chi connectivity index (χ4n) is 4.77. The van der Waals surface area contributed by atoms with E-state index in [9.17, 15) is 0 Å². The maximum Gasteiger partial charge on any atom is 0.127 e. The van der Waals surface area contributed by atoms with Gasteiger partial charge in [0.05, 0.1) is 7.11 Å². The molecule has 0 spiro atoms. The highest BCUT2D eigenvalue weighted by Gasteiger charge is 2.39. The summed E-state index contributed by atoms with van der Waals surface area (Å²) in [5.41, 5.74) is 3.54. The van der Waals surface area contributed by atoms with Crippen molar-refractivity contribution in [2.24, 2.45) is 0 Å². The lowest BCUT2D eigenvalue weighted by atomic mass is 9.71. The summed E-state index contributed by atoms with van der Waals surface area (Å²) in [6.45, 7) is 7.18. The highest BCUT2D eigenvalue weighted by molar-refractivity contribution is 5.49. The third kappa shape index (κ3) is 5.39. The Morgan fingerprint density at radius 2 is 1.59 bits per heavy atom. The Bertz CT molecular complexity index is 1080. The molecule has 4 nitrogen and oxygen atoms in total. The minimum atomic E-state index is -0.275. The second kappa shape index (κ2) is 10.1. The fourth-order valence-corrected chi connectivity index (χ4v) is 4.77. The Kier molecular flexibility index (Phi) is 7.18. The van der Waals surface area contributed by atoms with Crippen LogP contribution in [0.25, 0.3) is 0 Å². The molecule has 0 bridgehead atoms. The van der Waals surface area contributed by atoms with Crippen molar-refractivity contribution < 1.29 is 14.2 Å². The van der Waals surface area contributed by atoms with E-state index in [1.807, 2.05) is 12.1 Å². The lowest BCUT2D eigenvalue weighted by molar-refractivity contribution is 0.0689. The van der Waals surface area contributed by atoms with Crippen LogP contribution >= 0.6 is 0 Å². The van der Waals surface area contributed by atoms with E-state index in [1.54, 1.807) is 7.11 Å². The number of likely N-dealkylation sites (N-methyl/N-ethyl adjacent to an activating group) is 1. The van der Waals surface area contributed by atoms with E-state index in [0.717, 1.165) is 23.7 Å². The Balaban J connectivity index is 1.71. The smallest absolute Gasteiger partial charge is 0.127 e. The van der Waals surface area contributed by atoms with Crippen LogP contribution in [0, 0.1) is 0 Å². The maximum absolute atomic E-state index is 6.40. The highest BCUT2D eigenvalue weighted by Crippen LogP contribution is 2.50. The molecule has 3 atom stereocenters. The molecule has 0 fully saturated rings. The number of ether oxygens (including phenoxy) is 3. The van der Waals surface area contributed by atoms with E-state index in [1.165, 1.54) is 16.7 Å². The number of nitrogens with zero attached hydrogens (tertiary/aromatic N) is 1. The number of methoxy groups -OCH3 is 1. The van der Waals surface area contributed by atoms with Gasteiger partial charge in [0, 0.05) is 23.9 Å². The topological polar surface area (TPSA) is 30.9 Å². The Labute approximate surface area is 204 Å². The lowest BCUT2D eigenvalue weighted by Gasteiger charge is -2.41. The van der Waals surface area contributed by atoms with Gasteiger partial charge in [-0.2, -0.15) is 0 Å². The standard InChI is InChI=1S/C30H37NO3/c1-21(31(4)5)20-33-24-14-12-23(13-15-24)29(22-10-8-7-9-11-22)27-19-30(2,3)34-28-18-25(32-6)16-17-26(27)28/h7-18,21,27,29H,19-20H2,1-6H3. The summed E-state index contributed by atoms with van der Waals surface area (Å²) in [6.07, 6.45) is 0.921. The highest BCUT2D eigenvalue weighted by atomic mass is 16.5. The van der Waals surface area contributed by atoms with Crippen LogP contribution in [0.15, 0.2) is 72.8 Å². The number of hydrogen-bond donors (Lipinski definition) is 0. The van der Waals surface area contributed by atoms with Crippen LogP contribution in [0.3, 0.4) is 0 Å². The average molecular weight is 460 g/mol. The molecule has 0 aromatic heterocycles. The first-order valence-electron chi connectivity index (χ1n) is 12.1. The van der Waals surface area contributed by atoms with Gasteiger partial charge in [-0.3, -0.25) is 0 Å². The van der Waals surface area contributed by atoms with Gasteiger partial charge in [0.25, 0.3) is 0 Å². The predicted molar refractivity (Wildman–Crippen MR) is 138 cm³/mol. The van der Waals surface area contributed by atoms with Crippen molar-refractivity contribution in [1.82, 2.24) is 4.90 Å². The van der Waals surface area contributed by atoms with Crippen molar-refractivity contribution in [3.8, 4) is 17.2 Å². The molecule has 3 unspecified atom stereocenters. The molecular formula is C30H37NO3. The van der Waals surface area contributed by atoms with E-state index in [2.05, 4.69) is 100 Å². The molecule has 3 aromatic carbocycles. The van der Waals surface area contributed by atoms with Crippen LogP contribution in [-0.2, 0) is 0 Å². The molecule has 0 N–H and O–H groups in total. The summed E-state index contributed by atoms with van der Waals surface area (Å²) in [6, 6.07) is 26.0. The van der Waals surface area contributed by atoms with Crippen LogP contribution in [-0.4, -0.2) is 44.4 Å². The summed E-state index contributed by atoms with van der Waals surface area (Å²) in [7, 11) is 5.84. The van der Waals surface area contributed by atoms with E-state index in [4.69, 9.17) is 14.2 Å². The summed E-state index contributed by atoms with van der Waals surface area (Å²) in [5.74, 6) is 3.11. The number of fused-ring (bicyclic) bond motifs is 1. The quantitative estimate of drug-likeness (QED) is 0.385. The van der Waals surface area contributed by atoms with Crippen molar-refractivity contribution >= 4 is 0 Å². The van der Waals surface area contributed by atoms with Crippen LogP contribution < -0.4 is 14.2 Å². The lowest BCUT2D eigenvalue weighted by Crippen LogP contribution is -2.36. The summed E-state index contributed by atoms with van der Waals surface area (Å²) >= 11 is 0. The van der Waals surface area contributed by atoms with Crippen molar-refractivity contribution in [2.45, 2.75) is 50.7 Å². The zero-order chi connectivity index (χ0) is 24.3. The Morgan fingerprint density at radius 1 is 0.941 bits per heavy atom. The number of hydrogen-bond acceptors (Lipinski definition) is 4. The largest absolute Gasteiger partial charge is 0.497 e. The summed E-state index contributed by atoms with van der Waals surface area (Å²) in [4.78, 5) is 2.17. The molecule has 34 heavy (non-hydrogen) atoms. The second-order valence-corrected chi connectivity index (χ2v) is 10.2. The van der Waals surface area contributed by atoms with Gasteiger partial charge in [0.15, 0.2) is 0 Å². The van der Waals surface area contributed by atoms with Gasteiger partial charge in [0.2, 0.25) is 0 Å². The monoisotopic (exact) mass is 459 g/mol. The first kappa shape index (κ1) is 24.2. The summed E-state index contributed by atoms with van der Waals surface area (Å²) in [5, 5.41) is 0. The molecule has 3 aromatic rings. The molecule has 180 valence electrons. The molecule has 1 heterocycles.